The maximum absolute atomic E-state index is 13.2. The number of hydrogen-bond donors (Lipinski definition) is 0. The molecule has 0 saturated carbocycles. The van der Waals surface area contributed by atoms with E-state index in [-0.39, 0.29) is 17.6 Å². The molecule has 0 unspecified atom stereocenters. The molecule has 2 aromatic carbocycles. The zero-order chi connectivity index (χ0) is 23.1. The Morgan fingerprint density at radius 1 is 0.848 bits per heavy atom. The van der Waals surface area contributed by atoms with Gasteiger partial charge in [0.2, 0.25) is 15.9 Å². The number of hydrogen-bond acceptors (Lipinski definition) is 4. The maximum atomic E-state index is 13.2. The van der Waals surface area contributed by atoms with Crippen LogP contribution in [0.15, 0.2) is 60.7 Å². The van der Waals surface area contributed by atoms with Crippen LogP contribution in [0.4, 0.5) is 0 Å². The summed E-state index contributed by atoms with van der Waals surface area (Å²) in [5.41, 5.74) is 2.45. The van der Waals surface area contributed by atoms with Crippen LogP contribution in [0.3, 0.4) is 0 Å². The van der Waals surface area contributed by atoms with Gasteiger partial charge in [0.05, 0.1) is 11.7 Å². The van der Waals surface area contributed by atoms with Gasteiger partial charge in [-0.2, -0.15) is 0 Å². The summed E-state index contributed by atoms with van der Waals surface area (Å²) in [7, 11) is -3.34. The summed E-state index contributed by atoms with van der Waals surface area (Å²) in [6, 6.07) is 20.4. The average Bonchev–Trinajstić information content (AvgIpc) is 2.85. The molecule has 1 atom stereocenters. The third-order valence-corrected chi connectivity index (χ3v) is 8.69. The van der Waals surface area contributed by atoms with Gasteiger partial charge in [-0.3, -0.25) is 9.69 Å². The van der Waals surface area contributed by atoms with Crippen molar-refractivity contribution in [3.8, 4) is 0 Å². The van der Waals surface area contributed by atoms with Crippen molar-refractivity contribution in [3.05, 3.63) is 71.8 Å². The van der Waals surface area contributed by atoms with Crippen LogP contribution in [0, 0.1) is 5.92 Å². The smallest absolute Gasteiger partial charge is 0.227 e. The molecule has 178 valence electrons. The fourth-order valence-corrected chi connectivity index (χ4v) is 6.44. The second-order valence-electron chi connectivity index (χ2n) is 9.19. The van der Waals surface area contributed by atoms with Crippen molar-refractivity contribution in [2.45, 2.75) is 32.2 Å². The van der Waals surface area contributed by atoms with Crippen LogP contribution in [-0.4, -0.2) is 73.5 Å². The van der Waals surface area contributed by atoms with Gasteiger partial charge in [-0.15, -0.1) is 0 Å². The van der Waals surface area contributed by atoms with Crippen LogP contribution in [0.2, 0.25) is 0 Å². The highest BCUT2D eigenvalue weighted by atomic mass is 32.2. The summed E-state index contributed by atoms with van der Waals surface area (Å²) in [6.07, 6.45) is 2.88. The van der Waals surface area contributed by atoms with Crippen LogP contribution in [-0.2, 0) is 27.8 Å². The number of nitrogens with zero attached hydrogens (tertiary/aromatic N) is 3. The van der Waals surface area contributed by atoms with Gasteiger partial charge in [-0.1, -0.05) is 60.7 Å². The summed E-state index contributed by atoms with van der Waals surface area (Å²) < 4.78 is 27.4. The fourth-order valence-electron chi connectivity index (χ4n) is 4.86. The number of piperidine rings is 1. The van der Waals surface area contributed by atoms with Crippen LogP contribution in [0.1, 0.15) is 30.4 Å². The lowest BCUT2D eigenvalue weighted by atomic mass is 9.97. The maximum Gasteiger partial charge on any atom is 0.227 e. The molecule has 0 N–H and O–H groups in total. The minimum Gasteiger partial charge on any atom is -0.340 e. The third-order valence-electron chi connectivity index (χ3n) is 6.77. The largest absolute Gasteiger partial charge is 0.340 e. The monoisotopic (exact) mass is 469 g/mol. The Morgan fingerprint density at radius 3 is 2.15 bits per heavy atom. The van der Waals surface area contributed by atoms with Crippen LogP contribution < -0.4 is 0 Å². The Labute approximate surface area is 198 Å². The molecule has 2 aromatic rings. The molecule has 0 spiro atoms. The molecule has 0 aromatic heterocycles. The van der Waals surface area contributed by atoms with Crippen molar-refractivity contribution in [2.75, 3.05) is 45.0 Å². The van der Waals surface area contributed by atoms with E-state index in [0.717, 1.165) is 44.5 Å². The first-order valence-electron chi connectivity index (χ1n) is 12.1. The van der Waals surface area contributed by atoms with Gasteiger partial charge in [-0.05, 0) is 36.8 Å². The summed E-state index contributed by atoms with van der Waals surface area (Å²) in [4.78, 5) is 17.5. The van der Waals surface area contributed by atoms with Crippen molar-refractivity contribution in [3.63, 3.8) is 0 Å². The number of carbonyl (C=O) groups excluding carboxylic acids is 1. The molecule has 1 amide bonds. The average molecular weight is 470 g/mol. The molecule has 2 aliphatic rings. The highest BCUT2D eigenvalue weighted by Gasteiger charge is 2.34. The second kappa shape index (κ2) is 11.3. The number of benzene rings is 2. The zero-order valence-electron chi connectivity index (χ0n) is 19.3. The normalized spacial score (nSPS) is 20.6. The van der Waals surface area contributed by atoms with Gasteiger partial charge in [-0.25, -0.2) is 12.7 Å². The molecule has 2 heterocycles. The number of amides is 1. The van der Waals surface area contributed by atoms with Crippen molar-refractivity contribution in [1.82, 2.24) is 14.1 Å². The van der Waals surface area contributed by atoms with Crippen LogP contribution in [0.5, 0.6) is 0 Å². The molecule has 0 radical (unpaired) electrons. The summed E-state index contributed by atoms with van der Waals surface area (Å²) in [6.45, 7) is 4.90. The zero-order valence-corrected chi connectivity index (χ0v) is 20.1. The number of carbonyl (C=O) groups is 1. The number of piperazine rings is 1. The van der Waals surface area contributed by atoms with Crippen molar-refractivity contribution >= 4 is 15.9 Å². The van der Waals surface area contributed by atoms with E-state index in [2.05, 4.69) is 29.2 Å². The SMILES string of the molecule is O=C([C@H]1CCCN(S(=O)(=O)CCCc2ccccc2)C1)N1CCN(Cc2ccccc2)CC1. The highest BCUT2D eigenvalue weighted by Crippen LogP contribution is 2.23. The first kappa shape index (κ1) is 23.9. The molecular weight excluding hydrogens is 434 g/mol. The van der Waals surface area contributed by atoms with E-state index in [1.165, 1.54) is 5.56 Å². The fraction of sp³-hybridized carbons (Fsp3) is 0.500. The van der Waals surface area contributed by atoms with E-state index in [4.69, 9.17) is 0 Å². The second-order valence-corrected chi connectivity index (χ2v) is 11.3. The van der Waals surface area contributed by atoms with Crippen molar-refractivity contribution in [1.29, 1.82) is 0 Å². The van der Waals surface area contributed by atoms with E-state index >= 15 is 0 Å². The standard InChI is InChI=1S/C26H35N3O3S/c30-26(28-18-16-27(17-19-28)21-24-11-5-2-6-12-24)25-14-7-15-29(22-25)33(31,32)20-8-13-23-9-3-1-4-10-23/h1-6,9-12,25H,7-8,13-22H2/t25-/m0/s1. The van der Waals surface area contributed by atoms with Gasteiger partial charge >= 0.3 is 0 Å². The number of rotatable bonds is 8. The summed E-state index contributed by atoms with van der Waals surface area (Å²) in [5.74, 6) is 0.0444. The van der Waals surface area contributed by atoms with Gasteiger partial charge in [0.1, 0.15) is 0 Å². The quantitative estimate of drug-likeness (QED) is 0.596. The van der Waals surface area contributed by atoms with E-state index in [1.54, 1.807) is 4.31 Å². The van der Waals surface area contributed by atoms with Crippen molar-refractivity contribution in [2.24, 2.45) is 5.92 Å². The lowest BCUT2D eigenvalue weighted by Gasteiger charge is -2.38. The molecule has 2 saturated heterocycles. The minimum absolute atomic E-state index is 0.124. The number of aryl methyl sites for hydroxylation is 1. The highest BCUT2D eigenvalue weighted by molar-refractivity contribution is 7.89. The summed E-state index contributed by atoms with van der Waals surface area (Å²) in [5, 5.41) is 0. The number of sulfonamides is 1. The molecule has 6 nitrogen and oxygen atoms in total. The first-order chi connectivity index (χ1) is 16.0. The van der Waals surface area contributed by atoms with E-state index < -0.39 is 10.0 Å². The lowest BCUT2D eigenvalue weighted by Crippen LogP contribution is -2.52. The summed E-state index contributed by atoms with van der Waals surface area (Å²) >= 11 is 0. The van der Waals surface area contributed by atoms with Crippen molar-refractivity contribution < 1.29 is 13.2 Å². The predicted molar refractivity (Wildman–Crippen MR) is 131 cm³/mol. The Hall–Kier alpha value is -2.22. The van der Waals surface area contributed by atoms with Gasteiger partial charge < -0.3 is 4.90 Å². The Bertz CT molecular complexity index is 990. The van der Waals surface area contributed by atoms with Gasteiger partial charge in [0.15, 0.2) is 0 Å². The Kier molecular flexibility index (Phi) is 8.17. The van der Waals surface area contributed by atoms with Crippen LogP contribution >= 0.6 is 0 Å². The molecule has 33 heavy (non-hydrogen) atoms. The Balaban J connectivity index is 1.25. The van der Waals surface area contributed by atoms with Crippen LogP contribution in [0.25, 0.3) is 0 Å². The third kappa shape index (κ3) is 6.65. The molecule has 7 heteroatoms. The molecule has 4 rings (SSSR count). The topological polar surface area (TPSA) is 60.9 Å². The molecular formula is C26H35N3O3S. The first-order valence-corrected chi connectivity index (χ1v) is 13.7. The molecule has 0 bridgehead atoms. The van der Waals surface area contributed by atoms with E-state index in [1.807, 2.05) is 41.3 Å². The van der Waals surface area contributed by atoms with E-state index in [0.29, 0.717) is 32.6 Å². The van der Waals surface area contributed by atoms with Gasteiger partial charge in [0.25, 0.3) is 0 Å². The Morgan fingerprint density at radius 2 is 1.48 bits per heavy atom. The predicted octanol–water partition coefficient (Wildman–Crippen LogP) is 3.01. The molecule has 0 aliphatic carbocycles. The van der Waals surface area contributed by atoms with Gasteiger partial charge in [0, 0.05) is 45.8 Å². The molecule has 2 fully saturated rings. The minimum atomic E-state index is -3.34. The molecule has 2 aliphatic heterocycles. The van der Waals surface area contributed by atoms with E-state index in [9.17, 15) is 13.2 Å². The lowest BCUT2D eigenvalue weighted by molar-refractivity contribution is -0.138.